The molecule has 2 atom stereocenters. The van der Waals surface area contributed by atoms with E-state index in [-0.39, 0.29) is 11.5 Å². The predicted molar refractivity (Wildman–Crippen MR) is 118 cm³/mol. The van der Waals surface area contributed by atoms with Gasteiger partial charge in [0.2, 0.25) is 0 Å². The summed E-state index contributed by atoms with van der Waals surface area (Å²) in [6.45, 7) is 8.16. The zero-order valence-electron chi connectivity index (χ0n) is 18.3. The van der Waals surface area contributed by atoms with Gasteiger partial charge in [0.05, 0.1) is 19.0 Å². The number of ether oxygens (including phenoxy) is 2. The van der Waals surface area contributed by atoms with Gasteiger partial charge in [-0.2, -0.15) is 0 Å². The van der Waals surface area contributed by atoms with Crippen molar-refractivity contribution in [1.82, 2.24) is 0 Å². The normalized spacial score (nSPS) is 22.0. The molecule has 1 aliphatic rings. The van der Waals surface area contributed by atoms with Crippen LogP contribution in [0.25, 0.3) is 0 Å². The highest BCUT2D eigenvalue weighted by atomic mass is 16.5. The van der Waals surface area contributed by atoms with Gasteiger partial charge in [0.1, 0.15) is 0 Å². The molecule has 0 heterocycles. The summed E-state index contributed by atoms with van der Waals surface area (Å²) < 4.78 is 11.8. The molecule has 0 aromatic rings. The number of hydrogen-bond acceptors (Lipinski definition) is 2. The van der Waals surface area contributed by atoms with Gasteiger partial charge in [-0.1, -0.05) is 102 Å². The van der Waals surface area contributed by atoms with Crippen LogP contribution < -0.4 is 0 Å². The van der Waals surface area contributed by atoms with Crippen molar-refractivity contribution in [2.24, 2.45) is 5.41 Å². The molecule has 0 aliphatic heterocycles. The molecule has 0 saturated carbocycles. The Balaban J connectivity index is 2.27. The molecule has 0 spiro atoms. The molecule has 27 heavy (non-hydrogen) atoms. The van der Waals surface area contributed by atoms with Crippen molar-refractivity contribution in [3.05, 3.63) is 36.6 Å². The fourth-order valence-electron chi connectivity index (χ4n) is 3.75. The van der Waals surface area contributed by atoms with Gasteiger partial charge in [0.15, 0.2) is 0 Å². The summed E-state index contributed by atoms with van der Waals surface area (Å²) in [6, 6.07) is 0. The van der Waals surface area contributed by atoms with Crippen molar-refractivity contribution in [3.63, 3.8) is 0 Å². The van der Waals surface area contributed by atoms with E-state index < -0.39 is 0 Å². The Morgan fingerprint density at radius 3 is 2.15 bits per heavy atom. The summed E-state index contributed by atoms with van der Waals surface area (Å²) >= 11 is 0. The van der Waals surface area contributed by atoms with E-state index in [0.717, 1.165) is 26.1 Å². The first-order valence-corrected chi connectivity index (χ1v) is 11.6. The van der Waals surface area contributed by atoms with Crippen molar-refractivity contribution < 1.29 is 9.47 Å². The van der Waals surface area contributed by atoms with Gasteiger partial charge in [-0.3, -0.25) is 0 Å². The summed E-state index contributed by atoms with van der Waals surface area (Å²) in [5, 5.41) is 0. The lowest BCUT2D eigenvalue weighted by atomic mass is 9.75. The number of allylic oxidation sites excluding steroid dienone is 2. The zero-order valence-corrected chi connectivity index (χ0v) is 18.3. The second kappa shape index (κ2) is 16.0. The van der Waals surface area contributed by atoms with E-state index in [9.17, 15) is 0 Å². The highest BCUT2D eigenvalue weighted by Crippen LogP contribution is 2.37. The molecule has 1 rings (SSSR count). The van der Waals surface area contributed by atoms with E-state index in [0.29, 0.717) is 0 Å². The molecular weight excluding hydrogens is 332 g/mol. The Morgan fingerprint density at radius 2 is 1.48 bits per heavy atom. The molecule has 0 radical (unpaired) electrons. The Morgan fingerprint density at radius 1 is 0.815 bits per heavy atom. The minimum absolute atomic E-state index is 0.0563. The first-order valence-electron chi connectivity index (χ1n) is 11.6. The topological polar surface area (TPSA) is 18.5 Å². The minimum Gasteiger partial charge on any atom is -0.501 e. The van der Waals surface area contributed by atoms with Crippen molar-refractivity contribution in [3.8, 4) is 0 Å². The first-order chi connectivity index (χ1) is 13.3. The first kappa shape index (κ1) is 24.0. The van der Waals surface area contributed by atoms with Gasteiger partial charge in [0.25, 0.3) is 0 Å². The summed E-state index contributed by atoms with van der Waals surface area (Å²) in [5.74, 6) is 0. The smallest absolute Gasteiger partial charge is 0.0885 e. The van der Waals surface area contributed by atoms with E-state index in [2.05, 4.69) is 51.2 Å². The average molecular weight is 377 g/mol. The van der Waals surface area contributed by atoms with E-state index in [1.807, 2.05) is 6.26 Å². The third kappa shape index (κ3) is 10.2. The fraction of sp³-hybridized carbons (Fsp3) is 0.760. The van der Waals surface area contributed by atoms with Crippen LogP contribution in [0, 0.1) is 5.41 Å². The lowest BCUT2D eigenvalue weighted by Crippen LogP contribution is -2.34. The highest BCUT2D eigenvalue weighted by molar-refractivity contribution is 5.26. The van der Waals surface area contributed by atoms with Gasteiger partial charge in [-0.15, -0.1) is 0 Å². The lowest BCUT2D eigenvalue weighted by molar-refractivity contribution is 0.0331. The van der Waals surface area contributed by atoms with Gasteiger partial charge in [0, 0.05) is 12.0 Å². The van der Waals surface area contributed by atoms with Crippen molar-refractivity contribution in [2.45, 2.75) is 104 Å². The standard InChI is InChI=1S/C25H44O2/c1-4-7-9-10-11-12-13-14-17-22-26-23-21-25(19-8-5-2)20-16-15-18-24(25)27-6-3/h15-16,18,20-21,23-24H,4-14,17,19,22H2,1-3H3. The van der Waals surface area contributed by atoms with Crippen LogP contribution in [0.3, 0.4) is 0 Å². The van der Waals surface area contributed by atoms with Crippen LogP contribution in [0.15, 0.2) is 36.6 Å². The van der Waals surface area contributed by atoms with Gasteiger partial charge in [-0.25, -0.2) is 0 Å². The SMILES string of the molecule is CCCCCCCCCCCOC=CC1(CCCC)C=CC=CC1OCC. The van der Waals surface area contributed by atoms with Crippen LogP contribution in [-0.2, 0) is 9.47 Å². The van der Waals surface area contributed by atoms with Gasteiger partial charge >= 0.3 is 0 Å². The number of unbranched alkanes of at least 4 members (excludes halogenated alkanes) is 9. The van der Waals surface area contributed by atoms with Crippen LogP contribution in [0.2, 0.25) is 0 Å². The lowest BCUT2D eigenvalue weighted by Gasteiger charge is -2.35. The summed E-state index contributed by atoms with van der Waals surface area (Å²) in [4.78, 5) is 0. The quantitative estimate of drug-likeness (QED) is 0.191. The van der Waals surface area contributed by atoms with Gasteiger partial charge in [-0.05, 0) is 25.8 Å². The molecule has 0 bridgehead atoms. The molecule has 0 saturated heterocycles. The molecule has 156 valence electrons. The largest absolute Gasteiger partial charge is 0.501 e. The average Bonchev–Trinajstić information content (AvgIpc) is 2.69. The maximum Gasteiger partial charge on any atom is 0.0885 e. The zero-order chi connectivity index (χ0) is 19.6. The third-order valence-electron chi connectivity index (χ3n) is 5.48. The second-order valence-electron chi connectivity index (χ2n) is 7.84. The minimum atomic E-state index is -0.0563. The van der Waals surface area contributed by atoms with Crippen LogP contribution >= 0.6 is 0 Å². The molecular formula is C25H44O2. The molecule has 0 fully saturated rings. The molecule has 1 aliphatic carbocycles. The molecule has 0 amide bonds. The number of hydrogen-bond donors (Lipinski definition) is 0. The van der Waals surface area contributed by atoms with Gasteiger partial charge < -0.3 is 9.47 Å². The summed E-state index contributed by atoms with van der Waals surface area (Å²) in [7, 11) is 0. The van der Waals surface area contributed by atoms with Crippen LogP contribution in [0.4, 0.5) is 0 Å². The molecule has 0 aromatic carbocycles. The highest BCUT2D eigenvalue weighted by Gasteiger charge is 2.34. The third-order valence-corrected chi connectivity index (χ3v) is 5.48. The van der Waals surface area contributed by atoms with Crippen molar-refractivity contribution in [1.29, 1.82) is 0 Å². The maximum absolute atomic E-state index is 6.01. The Hall–Kier alpha value is -1.02. The van der Waals surface area contributed by atoms with Crippen LogP contribution in [-0.4, -0.2) is 19.3 Å². The van der Waals surface area contributed by atoms with E-state index in [1.54, 1.807) is 0 Å². The Kier molecular flexibility index (Phi) is 14.2. The Labute approximate surface area is 169 Å². The Bertz CT molecular complexity index is 424. The molecule has 2 nitrogen and oxygen atoms in total. The van der Waals surface area contributed by atoms with Crippen LogP contribution in [0.1, 0.15) is 97.8 Å². The summed E-state index contributed by atoms with van der Waals surface area (Å²) in [6.07, 6.45) is 28.6. The molecule has 2 heteroatoms. The van der Waals surface area contributed by atoms with E-state index >= 15 is 0 Å². The predicted octanol–water partition coefficient (Wildman–Crippen LogP) is 7.76. The monoisotopic (exact) mass is 376 g/mol. The van der Waals surface area contributed by atoms with Crippen molar-refractivity contribution in [2.75, 3.05) is 13.2 Å². The van der Waals surface area contributed by atoms with E-state index in [4.69, 9.17) is 9.47 Å². The van der Waals surface area contributed by atoms with E-state index in [1.165, 1.54) is 64.2 Å². The number of rotatable bonds is 17. The molecule has 0 aromatic heterocycles. The van der Waals surface area contributed by atoms with Crippen molar-refractivity contribution >= 4 is 0 Å². The maximum atomic E-state index is 6.01. The van der Waals surface area contributed by atoms with Crippen LogP contribution in [0.5, 0.6) is 0 Å². The fourth-order valence-corrected chi connectivity index (χ4v) is 3.75. The molecule has 0 N–H and O–H groups in total. The second-order valence-corrected chi connectivity index (χ2v) is 7.84. The summed E-state index contributed by atoms with van der Waals surface area (Å²) in [5.41, 5.74) is -0.0563. The molecule has 2 unspecified atom stereocenters.